The first-order valence-corrected chi connectivity index (χ1v) is 6.49. The van der Waals surface area contributed by atoms with Crippen molar-refractivity contribution < 1.29 is 19.7 Å². The number of nitrogens with one attached hydrogen (secondary N) is 1. The third kappa shape index (κ3) is 4.87. The molecule has 1 unspecified atom stereocenters. The summed E-state index contributed by atoms with van der Waals surface area (Å²) in [5.41, 5.74) is 0.844. The summed E-state index contributed by atoms with van der Waals surface area (Å²) in [5.74, 6) is 1.03. The SMILES string of the molecule is CCNCc1cc(Cl)cc(OC)c1OCC(O)CO. The standard InChI is InChI=1S/C13H20ClNO4/c1-3-15-6-9-4-10(14)5-12(18-2)13(9)19-8-11(17)7-16/h4-5,11,15-17H,3,6-8H2,1-2H3. The van der Waals surface area contributed by atoms with Crippen LogP contribution < -0.4 is 14.8 Å². The Hall–Kier alpha value is -1.01. The lowest BCUT2D eigenvalue weighted by Crippen LogP contribution is -2.22. The van der Waals surface area contributed by atoms with Crippen LogP contribution in [0.5, 0.6) is 11.5 Å². The molecule has 0 saturated heterocycles. The van der Waals surface area contributed by atoms with E-state index in [-0.39, 0.29) is 13.2 Å². The van der Waals surface area contributed by atoms with Crippen LogP contribution in [-0.4, -0.2) is 43.2 Å². The fraction of sp³-hybridized carbons (Fsp3) is 0.538. The van der Waals surface area contributed by atoms with Gasteiger partial charge in [0, 0.05) is 23.2 Å². The van der Waals surface area contributed by atoms with Gasteiger partial charge in [-0.15, -0.1) is 0 Å². The molecular formula is C13H20ClNO4. The van der Waals surface area contributed by atoms with Gasteiger partial charge in [-0.25, -0.2) is 0 Å². The average molecular weight is 290 g/mol. The first kappa shape index (κ1) is 16.0. The second-order valence-electron chi connectivity index (χ2n) is 4.02. The quantitative estimate of drug-likeness (QED) is 0.671. The van der Waals surface area contributed by atoms with Gasteiger partial charge in [-0.05, 0) is 12.6 Å². The fourth-order valence-corrected chi connectivity index (χ4v) is 1.79. The van der Waals surface area contributed by atoms with E-state index in [1.165, 1.54) is 7.11 Å². The molecule has 3 N–H and O–H groups in total. The molecule has 0 bridgehead atoms. The van der Waals surface area contributed by atoms with Crippen molar-refractivity contribution in [2.45, 2.75) is 19.6 Å². The van der Waals surface area contributed by atoms with Crippen molar-refractivity contribution in [1.29, 1.82) is 0 Å². The summed E-state index contributed by atoms with van der Waals surface area (Å²) in [6.07, 6.45) is -0.924. The molecule has 0 aliphatic carbocycles. The Morgan fingerprint density at radius 3 is 2.74 bits per heavy atom. The molecule has 0 heterocycles. The van der Waals surface area contributed by atoms with Crippen molar-refractivity contribution in [1.82, 2.24) is 5.32 Å². The predicted octanol–water partition coefficient (Wildman–Crippen LogP) is 1.19. The zero-order chi connectivity index (χ0) is 14.3. The van der Waals surface area contributed by atoms with Gasteiger partial charge in [0.2, 0.25) is 0 Å². The number of benzene rings is 1. The van der Waals surface area contributed by atoms with Crippen LogP contribution in [0.15, 0.2) is 12.1 Å². The lowest BCUT2D eigenvalue weighted by atomic mass is 10.1. The summed E-state index contributed by atoms with van der Waals surface area (Å²) in [5, 5.41) is 21.9. The van der Waals surface area contributed by atoms with Crippen molar-refractivity contribution in [3.05, 3.63) is 22.7 Å². The van der Waals surface area contributed by atoms with Crippen molar-refractivity contribution in [2.75, 3.05) is 26.9 Å². The van der Waals surface area contributed by atoms with Gasteiger partial charge >= 0.3 is 0 Å². The van der Waals surface area contributed by atoms with Crippen molar-refractivity contribution in [3.8, 4) is 11.5 Å². The fourth-order valence-electron chi connectivity index (χ4n) is 1.56. The van der Waals surface area contributed by atoms with Gasteiger partial charge in [-0.1, -0.05) is 18.5 Å². The van der Waals surface area contributed by atoms with Crippen LogP contribution in [0.2, 0.25) is 5.02 Å². The third-order valence-electron chi connectivity index (χ3n) is 2.51. The summed E-state index contributed by atoms with van der Waals surface area (Å²) in [7, 11) is 1.53. The van der Waals surface area contributed by atoms with Gasteiger partial charge in [-0.3, -0.25) is 0 Å². The molecule has 0 radical (unpaired) electrons. The molecule has 19 heavy (non-hydrogen) atoms. The van der Waals surface area contributed by atoms with Gasteiger partial charge in [-0.2, -0.15) is 0 Å². The van der Waals surface area contributed by atoms with Crippen LogP contribution in [0.3, 0.4) is 0 Å². The van der Waals surface area contributed by atoms with E-state index in [9.17, 15) is 5.11 Å². The average Bonchev–Trinajstić information content (AvgIpc) is 2.42. The topological polar surface area (TPSA) is 71.0 Å². The molecule has 1 atom stereocenters. The Kier molecular flexibility index (Phi) is 6.94. The van der Waals surface area contributed by atoms with Gasteiger partial charge in [0.1, 0.15) is 12.7 Å². The summed E-state index contributed by atoms with van der Waals surface area (Å²) < 4.78 is 10.8. The smallest absolute Gasteiger partial charge is 0.165 e. The van der Waals surface area contributed by atoms with Crippen LogP contribution >= 0.6 is 11.6 Å². The summed E-state index contributed by atoms with van der Waals surface area (Å²) in [6.45, 7) is 3.04. The third-order valence-corrected chi connectivity index (χ3v) is 2.73. The number of aliphatic hydroxyl groups is 2. The maximum atomic E-state index is 9.35. The van der Waals surface area contributed by atoms with E-state index in [0.29, 0.717) is 23.1 Å². The first-order chi connectivity index (χ1) is 9.12. The Morgan fingerprint density at radius 2 is 2.16 bits per heavy atom. The minimum atomic E-state index is -0.924. The van der Waals surface area contributed by atoms with E-state index in [1.807, 2.05) is 6.92 Å². The first-order valence-electron chi connectivity index (χ1n) is 6.11. The van der Waals surface area contributed by atoms with Crippen LogP contribution in [0.4, 0.5) is 0 Å². The summed E-state index contributed by atoms with van der Waals surface area (Å²) >= 11 is 6.02. The minimum absolute atomic E-state index is 0.00633. The molecular weight excluding hydrogens is 270 g/mol. The lowest BCUT2D eigenvalue weighted by molar-refractivity contribution is 0.0524. The summed E-state index contributed by atoms with van der Waals surface area (Å²) in [6, 6.07) is 3.44. The largest absolute Gasteiger partial charge is 0.493 e. The molecule has 0 aromatic heterocycles. The van der Waals surface area contributed by atoms with Gasteiger partial charge in [0.05, 0.1) is 13.7 Å². The van der Waals surface area contributed by atoms with Crippen molar-refractivity contribution in [2.24, 2.45) is 0 Å². The Morgan fingerprint density at radius 1 is 1.42 bits per heavy atom. The number of ether oxygens (including phenoxy) is 2. The monoisotopic (exact) mass is 289 g/mol. The second-order valence-corrected chi connectivity index (χ2v) is 4.46. The molecule has 1 rings (SSSR count). The second kappa shape index (κ2) is 8.22. The number of hydrogen-bond acceptors (Lipinski definition) is 5. The highest BCUT2D eigenvalue weighted by molar-refractivity contribution is 6.30. The Balaban J connectivity index is 2.95. The van der Waals surface area contributed by atoms with Crippen LogP contribution in [-0.2, 0) is 6.54 Å². The molecule has 0 fully saturated rings. The molecule has 1 aromatic rings. The molecule has 0 aliphatic rings. The molecule has 5 nitrogen and oxygen atoms in total. The van der Waals surface area contributed by atoms with Crippen molar-refractivity contribution >= 4 is 11.6 Å². The molecule has 0 amide bonds. The molecule has 0 spiro atoms. The van der Waals surface area contributed by atoms with Crippen molar-refractivity contribution in [3.63, 3.8) is 0 Å². The Labute approximate surface area is 118 Å². The van der Waals surface area contributed by atoms with Crippen LogP contribution in [0, 0.1) is 0 Å². The van der Waals surface area contributed by atoms with E-state index < -0.39 is 6.10 Å². The number of methoxy groups -OCH3 is 1. The number of rotatable bonds is 8. The maximum Gasteiger partial charge on any atom is 0.165 e. The highest BCUT2D eigenvalue weighted by Gasteiger charge is 2.14. The Bertz CT molecular complexity index is 400. The highest BCUT2D eigenvalue weighted by atomic mass is 35.5. The van der Waals surface area contributed by atoms with Gasteiger partial charge < -0.3 is 25.0 Å². The predicted molar refractivity (Wildman–Crippen MR) is 74.0 cm³/mol. The van der Waals surface area contributed by atoms with E-state index in [0.717, 1.165) is 12.1 Å². The zero-order valence-electron chi connectivity index (χ0n) is 11.1. The molecule has 0 aliphatic heterocycles. The van der Waals surface area contributed by atoms with Gasteiger partial charge in [0.15, 0.2) is 11.5 Å². The van der Waals surface area contributed by atoms with Crippen LogP contribution in [0.1, 0.15) is 12.5 Å². The number of hydrogen-bond donors (Lipinski definition) is 3. The van der Waals surface area contributed by atoms with Crippen LogP contribution in [0.25, 0.3) is 0 Å². The molecule has 108 valence electrons. The van der Waals surface area contributed by atoms with Gasteiger partial charge in [0.25, 0.3) is 0 Å². The van der Waals surface area contributed by atoms with E-state index in [1.54, 1.807) is 12.1 Å². The number of aliphatic hydroxyl groups excluding tert-OH is 2. The highest BCUT2D eigenvalue weighted by Crippen LogP contribution is 2.34. The maximum absolute atomic E-state index is 9.35. The minimum Gasteiger partial charge on any atom is -0.493 e. The molecule has 0 saturated carbocycles. The van der Waals surface area contributed by atoms with E-state index >= 15 is 0 Å². The normalized spacial score (nSPS) is 12.3. The lowest BCUT2D eigenvalue weighted by Gasteiger charge is -2.17. The number of halogens is 1. The molecule has 1 aromatic carbocycles. The van der Waals surface area contributed by atoms with E-state index in [4.69, 9.17) is 26.2 Å². The zero-order valence-corrected chi connectivity index (χ0v) is 11.9. The van der Waals surface area contributed by atoms with E-state index in [2.05, 4.69) is 5.32 Å². The summed E-state index contributed by atoms with van der Waals surface area (Å²) in [4.78, 5) is 0. The molecule has 6 heteroatoms.